The Hall–Kier alpha value is -3.91. The van der Waals surface area contributed by atoms with Gasteiger partial charge in [0, 0.05) is 17.7 Å². The molecule has 0 saturated carbocycles. The number of aliphatic hydroxyl groups excluding tert-OH is 9. The van der Waals surface area contributed by atoms with Crippen LogP contribution in [0.25, 0.3) is 22.3 Å². The van der Waals surface area contributed by atoms with Crippen molar-refractivity contribution in [3.63, 3.8) is 0 Å². The third kappa shape index (κ3) is 7.77. The number of rotatable bonds is 10. The van der Waals surface area contributed by atoms with Gasteiger partial charge < -0.3 is 98.9 Å². The molecular formula is C34H42O21. The van der Waals surface area contributed by atoms with Crippen LogP contribution >= 0.6 is 0 Å². The van der Waals surface area contributed by atoms with E-state index >= 15 is 0 Å². The lowest BCUT2D eigenvalue weighted by Crippen LogP contribution is -2.64. The normalized spacial score (nSPS) is 36.8. The molecule has 3 fully saturated rings. The van der Waals surface area contributed by atoms with E-state index in [0.717, 1.165) is 12.1 Å². The van der Waals surface area contributed by atoms with Gasteiger partial charge in [0.1, 0.15) is 89.6 Å². The minimum absolute atomic E-state index is 0.0482. The summed E-state index contributed by atoms with van der Waals surface area (Å²) in [5, 5.41) is 124. The van der Waals surface area contributed by atoms with Crippen LogP contribution in [0.2, 0.25) is 0 Å². The maximum atomic E-state index is 13.8. The Morgan fingerprint density at radius 2 is 1.35 bits per heavy atom. The molecule has 15 atom stereocenters. The zero-order valence-corrected chi connectivity index (χ0v) is 29.0. The molecule has 6 rings (SSSR count). The fourth-order valence-electron chi connectivity index (χ4n) is 6.51. The number of aliphatic hydroxyl groups is 9. The molecule has 55 heavy (non-hydrogen) atoms. The molecule has 0 amide bonds. The number of fused-ring (bicyclic) bond motifs is 1. The molecule has 3 aliphatic heterocycles. The van der Waals surface area contributed by atoms with Crippen LogP contribution in [0.3, 0.4) is 0 Å². The van der Waals surface area contributed by atoms with E-state index in [9.17, 15) is 66.1 Å². The van der Waals surface area contributed by atoms with Gasteiger partial charge in [-0.2, -0.15) is 0 Å². The predicted octanol–water partition coefficient (Wildman–Crippen LogP) is -3.56. The molecule has 21 nitrogen and oxygen atoms in total. The van der Waals surface area contributed by atoms with Gasteiger partial charge in [0.15, 0.2) is 29.8 Å². The molecule has 3 aromatic rings. The molecule has 4 heterocycles. The third-order valence-corrected chi connectivity index (χ3v) is 9.60. The molecule has 12 N–H and O–H groups in total. The molecule has 1 aromatic heterocycles. The second-order valence-corrected chi connectivity index (χ2v) is 13.3. The van der Waals surface area contributed by atoms with Crippen LogP contribution in [0, 0.1) is 0 Å². The number of ether oxygens (including phenoxy) is 7. The number of aromatic hydroxyl groups is 3. The summed E-state index contributed by atoms with van der Waals surface area (Å²) >= 11 is 0. The summed E-state index contributed by atoms with van der Waals surface area (Å²) in [6, 6.07) is 5.71. The first-order chi connectivity index (χ1) is 26.1. The van der Waals surface area contributed by atoms with Gasteiger partial charge in [-0.1, -0.05) is 0 Å². The minimum atomic E-state index is -2.02. The SMILES string of the molecule is COc1cc(-c2oc3cc(O)cc(O)c3c(=O)c2O[C@@H]2O[C@H](CO[C@@H]3O[C@@H](C)[C@H](O[C@@H]4O[C@H](CO)[C@H](O)[C@H](O)[C@H]4O)[C@@H](O)[C@H]3O)[C@H](O)[C@H](O)[C@H]2O)ccc1O. The first kappa shape index (κ1) is 40.7. The minimum Gasteiger partial charge on any atom is -0.508 e. The van der Waals surface area contributed by atoms with E-state index in [0.29, 0.717) is 0 Å². The molecule has 0 radical (unpaired) electrons. The van der Waals surface area contributed by atoms with E-state index in [-0.39, 0.29) is 28.4 Å². The number of hydrogen-bond donors (Lipinski definition) is 12. The molecule has 0 unspecified atom stereocenters. The molecule has 3 aliphatic rings. The fourth-order valence-corrected chi connectivity index (χ4v) is 6.51. The zero-order chi connectivity index (χ0) is 40.0. The zero-order valence-electron chi connectivity index (χ0n) is 29.0. The number of phenols is 3. The lowest BCUT2D eigenvalue weighted by molar-refractivity contribution is -0.359. The maximum Gasteiger partial charge on any atom is 0.239 e. The molecule has 2 aromatic carbocycles. The Kier molecular flexibility index (Phi) is 12.1. The fraction of sp³-hybridized carbons (Fsp3) is 0.559. The maximum absolute atomic E-state index is 13.8. The molecule has 21 heteroatoms. The lowest BCUT2D eigenvalue weighted by Gasteiger charge is -2.46. The lowest BCUT2D eigenvalue weighted by atomic mass is 9.97. The predicted molar refractivity (Wildman–Crippen MR) is 178 cm³/mol. The van der Waals surface area contributed by atoms with Crippen molar-refractivity contribution in [1.29, 1.82) is 0 Å². The van der Waals surface area contributed by atoms with Gasteiger partial charge in [0.2, 0.25) is 17.5 Å². The summed E-state index contributed by atoms with van der Waals surface area (Å²) in [7, 11) is 1.26. The van der Waals surface area contributed by atoms with Gasteiger partial charge in [-0.05, 0) is 25.1 Å². The quantitative estimate of drug-likeness (QED) is 0.0946. The summed E-state index contributed by atoms with van der Waals surface area (Å²) in [4.78, 5) is 13.8. The summed E-state index contributed by atoms with van der Waals surface area (Å²) in [5.41, 5.74) is -1.23. The Morgan fingerprint density at radius 1 is 0.709 bits per heavy atom. The Morgan fingerprint density at radius 3 is 2.02 bits per heavy atom. The largest absolute Gasteiger partial charge is 0.508 e. The molecule has 0 spiro atoms. The Labute approximate surface area is 309 Å². The van der Waals surface area contributed by atoms with Crippen LogP contribution < -0.4 is 14.9 Å². The molecular weight excluding hydrogens is 744 g/mol. The number of methoxy groups -OCH3 is 1. The van der Waals surface area contributed by atoms with Gasteiger partial charge >= 0.3 is 0 Å². The molecule has 0 aliphatic carbocycles. The van der Waals surface area contributed by atoms with Crippen molar-refractivity contribution in [1.82, 2.24) is 0 Å². The summed E-state index contributed by atoms with van der Waals surface area (Å²) in [5.74, 6) is -2.50. The number of phenolic OH excluding ortho intramolecular Hbond substituents is 3. The Balaban J connectivity index is 1.20. The standard InChI is InChI=1S/C34H42O21/c1-10-29(54-33-26(45)23(42)20(39)17(8-35)52-33)25(44)28(47)32(50-10)49-9-18-21(40)24(43)27(46)34(53-18)55-31-22(41)19-14(38)6-12(36)7-16(19)51-30(31)11-3-4-13(37)15(5-11)48-2/h3-7,10,17-18,20-21,23-29,32-40,42-47H,8-9H2,1-2H3/t10-,17+,18+,20-,21-,23-,24-,25-,26+,27+,28+,29-,32+,33-,34-/m0/s1. The van der Waals surface area contributed by atoms with Gasteiger partial charge in [-0.25, -0.2) is 0 Å². The van der Waals surface area contributed by atoms with Gasteiger partial charge in [0.05, 0.1) is 26.4 Å². The highest BCUT2D eigenvalue weighted by Gasteiger charge is 2.51. The topological polar surface area (TPSA) is 338 Å². The first-order valence-corrected chi connectivity index (χ1v) is 16.9. The number of benzene rings is 2. The van der Waals surface area contributed by atoms with E-state index in [2.05, 4.69) is 0 Å². The smallest absolute Gasteiger partial charge is 0.239 e. The van der Waals surface area contributed by atoms with Crippen LogP contribution in [0.1, 0.15) is 6.92 Å². The summed E-state index contributed by atoms with van der Waals surface area (Å²) < 4.78 is 44.7. The van der Waals surface area contributed by atoms with E-state index < -0.39 is 133 Å². The van der Waals surface area contributed by atoms with Crippen molar-refractivity contribution >= 4 is 11.0 Å². The Bertz CT molecular complexity index is 1870. The van der Waals surface area contributed by atoms with E-state index in [1.54, 1.807) is 0 Å². The van der Waals surface area contributed by atoms with Crippen molar-refractivity contribution in [2.24, 2.45) is 0 Å². The van der Waals surface area contributed by atoms with Crippen LogP contribution in [-0.4, -0.2) is 174 Å². The van der Waals surface area contributed by atoms with Crippen molar-refractivity contribution in [2.45, 2.75) is 99.0 Å². The summed E-state index contributed by atoms with van der Waals surface area (Å²) in [6.45, 7) is -0.0427. The third-order valence-electron chi connectivity index (χ3n) is 9.60. The van der Waals surface area contributed by atoms with E-state index in [1.165, 1.54) is 32.2 Å². The van der Waals surface area contributed by atoms with Gasteiger partial charge in [0.25, 0.3) is 0 Å². The van der Waals surface area contributed by atoms with Crippen LogP contribution in [0.15, 0.2) is 39.5 Å². The van der Waals surface area contributed by atoms with Crippen molar-refractivity contribution in [2.75, 3.05) is 20.3 Å². The molecule has 0 bridgehead atoms. The van der Waals surface area contributed by atoms with Crippen molar-refractivity contribution in [3.05, 3.63) is 40.6 Å². The molecule has 3 saturated heterocycles. The van der Waals surface area contributed by atoms with E-state index in [4.69, 9.17) is 37.6 Å². The first-order valence-electron chi connectivity index (χ1n) is 16.9. The van der Waals surface area contributed by atoms with Gasteiger partial charge in [-0.3, -0.25) is 4.79 Å². The van der Waals surface area contributed by atoms with Crippen LogP contribution in [-0.2, 0) is 23.7 Å². The molecule has 304 valence electrons. The van der Waals surface area contributed by atoms with Crippen LogP contribution in [0.5, 0.6) is 28.7 Å². The monoisotopic (exact) mass is 786 g/mol. The highest BCUT2D eigenvalue weighted by molar-refractivity contribution is 5.88. The summed E-state index contributed by atoms with van der Waals surface area (Å²) in [6.07, 6.45) is -25.4. The average Bonchev–Trinajstić information content (AvgIpc) is 3.15. The van der Waals surface area contributed by atoms with Crippen molar-refractivity contribution < 1.29 is 98.9 Å². The second-order valence-electron chi connectivity index (χ2n) is 13.3. The van der Waals surface area contributed by atoms with Crippen LogP contribution in [0.4, 0.5) is 0 Å². The van der Waals surface area contributed by atoms with Gasteiger partial charge in [-0.15, -0.1) is 0 Å². The van der Waals surface area contributed by atoms with Crippen molar-refractivity contribution in [3.8, 4) is 40.1 Å². The second kappa shape index (κ2) is 16.3. The average molecular weight is 787 g/mol. The van der Waals surface area contributed by atoms with E-state index in [1.807, 2.05) is 0 Å². The number of hydrogen-bond acceptors (Lipinski definition) is 21. The highest BCUT2D eigenvalue weighted by Crippen LogP contribution is 2.40. The highest BCUT2D eigenvalue weighted by atomic mass is 16.8.